The minimum atomic E-state index is -1.26. The molecule has 2 N–H and O–H groups in total. The first-order valence-electron chi connectivity index (χ1n) is 5.42. The molecule has 0 bridgehead atoms. The van der Waals surface area contributed by atoms with Gasteiger partial charge in [-0.25, -0.2) is 4.79 Å². The van der Waals surface area contributed by atoms with E-state index in [-0.39, 0.29) is 24.3 Å². The van der Waals surface area contributed by atoms with Crippen LogP contribution in [0.5, 0.6) is 0 Å². The van der Waals surface area contributed by atoms with Crippen molar-refractivity contribution in [2.75, 3.05) is 0 Å². The number of aromatic nitrogens is 1. The first kappa shape index (κ1) is 13.9. The number of hydrogen-bond donors (Lipinski definition) is 2. The van der Waals surface area contributed by atoms with Crippen molar-refractivity contribution in [1.82, 2.24) is 10.5 Å². The fourth-order valence-electron chi connectivity index (χ4n) is 1.28. The van der Waals surface area contributed by atoms with E-state index >= 15 is 0 Å². The number of nitrogens with one attached hydrogen (secondary N) is 1. The number of nitrogens with zero attached hydrogens (tertiary/aromatic N) is 1. The van der Waals surface area contributed by atoms with Gasteiger partial charge in [0, 0.05) is 18.9 Å². The fraction of sp³-hybridized carbons (Fsp3) is 0.455. The van der Waals surface area contributed by atoms with E-state index in [9.17, 15) is 14.4 Å². The van der Waals surface area contributed by atoms with Crippen LogP contribution in [0.25, 0.3) is 0 Å². The Morgan fingerprint density at radius 1 is 1.50 bits per heavy atom. The Balaban J connectivity index is 2.69. The molecule has 1 amide bonds. The van der Waals surface area contributed by atoms with Crippen molar-refractivity contribution in [3.05, 3.63) is 17.5 Å². The minimum Gasteiger partial charge on any atom is -0.480 e. The van der Waals surface area contributed by atoms with Crippen LogP contribution in [0.2, 0.25) is 0 Å². The smallest absolute Gasteiger partial charge is 0.326 e. The average Bonchev–Trinajstić information content (AvgIpc) is 2.74. The highest BCUT2D eigenvalue weighted by Crippen LogP contribution is 2.03. The fourth-order valence-corrected chi connectivity index (χ4v) is 1.28. The number of carbonyl (C=O) groups is 3. The SMILES string of the molecule is CCC(=O)CC(NC(=O)c1cc(C)on1)C(=O)O. The molecule has 1 aromatic rings. The number of carboxylic acid groups (broad SMARTS) is 1. The molecule has 1 unspecified atom stereocenters. The third kappa shape index (κ3) is 3.69. The van der Waals surface area contributed by atoms with Gasteiger partial charge < -0.3 is 14.9 Å². The summed E-state index contributed by atoms with van der Waals surface area (Å²) < 4.78 is 4.70. The summed E-state index contributed by atoms with van der Waals surface area (Å²) in [5, 5.41) is 14.6. The highest BCUT2D eigenvalue weighted by molar-refractivity contribution is 5.96. The van der Waals surface area contributed by atoms with Crippen LogP contribution in [0.3, 0.4) is 0 Å². The summed E-state index contributed by atoms with van der Waals surface area (Å²) in [6.45, 7) is 3.24. The number of aliphatic carboxylic acids is 1. The maximum absolute atomic E-state index is 11.6. The molecule has 1 atom stereocenters. The third-order valence-corrected chi connectivity index (χ3v) is 2.29. The molecule has 0 spiro atoms. The Morgan fingerprint density at radius 3 is 2.61 bits per heavy atom. The van der Waals surface area contributed by atoms with Crippen molar-refractivity contribution < 1.29 is 24.0 Å². The van der Waals surface area contributed by atoms with Crippen LogP contribution in [0, 0.1) is 6.92 Å². The molecule has 7 heteroatoms. The van der Waals surface area contributed by atoms with Crippen LogP contribution in [-0.2, 0) is 9.59 Å². The van der Waals surface area contributed by atoms with Gasteiger partial charge in [-0.3, -0.25) is 9.59 Å². The second-order valence-corrected chi connectivity index (χ2v) is 3.78. The van der Waals surface area contributed by atoms with Gasteiger partial charge in [0.25, 0.3) is 5.91 Å². The lowest BCUT2D eigenvalue weighted by atomic mass is 10.1. The van der Waals surface area contributed by atoms with E-state index in [1.807, 2.05) is 0 Å². The van der Waals surface area contributed by atoms with Gasteiger partial charge in [0.2, 0.25) is 0 Å². The molecule has 0 aliphatic carbocycles. The lowest BCUT2D eigenvalue weighted by molar-refractivity contribution is -0.141. The van der Waals surface area contributed by atoms with Crippen LogP contribution in [0.15, 0.2) is 10.6 Å². The van der Waals surface area contributed by atoms with Crippen LogP contribution in [0.4, 0.5) is 0 Å². The molecular formula is C11H14N2O5. The molecule has 0 saturated carbocycles. The molecule has 0 fully saturated rings. The van der Waals surface area contributed by atoms with Crippen LogP contribution >= 0.6 is 0 Å². The highest BCUT2D eigenvalue weighted by atomic mass is 16.5. The number of ketones is 1. The molecule has 1 aromatic heterocycles. The summed E-state index contributed by atoms with van der Waals surface area (Å²) in [6, 6.07) is 0.137. The summed E-state index contributed by atoms with van der Waals surface area (Å²) in [4.78, 5) is 33.7. The van der Waals surface area contributed by atoms with Gasteiger partial charge in [-0.1, -0.05) is 12.1 Å². The number of amides is 1. The predicted octanol–water partition coefficient (Wildman–Crippen LogP) is 0.535. The summed E-state index contributed by atoms with van der Waals surface area (Å²) in [5.41, 5.74) is -0.0114. The van der Waals surface area contributed by atoms with E-state index < -0.39 is 17.9 Å². The molecule has 1 heterocycles. The van der Waals surface area contributed by atoms with E-state index in [1.54, 1.807) is 13.8 Å². The highest BCUT2D eigenvalue weighted by Gasteiger charge is 2.24. The molecule has 1 rings (SSSR count). The van der Waals surface area contributed by atoms with Crippen molar-refractivity contribution in [2.24, 2.45) is 0 Å². The van der Waals surface area contributed by atoms with Gasteiger partial charge in [-0.05, 0) is 6.92 Å². The van der Waals surface area contributed by atoms with Gasteiger partial charge in [-0.2, -0.15) is 0 Å². The molecule has 0 aromatic carbocycles. The van der Waals surface area contributed by atoms with Crippen molar-refractivity contribution >= 4 is 17.7 Å². The molecule has 0 saturated heterocycles. The zero-order chi connectivity index (χ0) is 13.7. The second-order valence-electron chi connectivity index (χ2n) is 3.78. The van der Waals surface area contributed by atoms with E-state index in [2.05, 4.69) is 10.5 Å². The lowest BCUT2D eigenvalue weighted by Gasteiger charge is -2.12. The summed E-state index contributed by atoms with van der Waals surface area (Å²) in [6.07, 6.45) is -0.0167. The molecule has 0 aliphatic rings. The average molecular weight is 254 g/mol. The lowest BCUT2D eigenvalue weighted by Crippen LogP contribution is -2.42. The van der Waals surface area contributed by atoms with Gasteiger partial charge in [0.1, 0.15) is 17.6 Å². The van der Waals surface area contributed by atoms with Gasteiger partial charge in [0.05, 0.1) is 0 Å². The zero-order valence-electron chi connectivity index (χ0n) is 10.1. The minimum absolute atomic E-state index is 0.0114. The Bertz CT molecular complexity index is 466. The van der Waals surface area contributed by atoms with Crippen molar-refractivity contribution in [3.63, 3.8) is 0 Å². The summed E-state index contributed by atoms with van der Waals surface area (Å²) >= 11 is 0. The second kappa shape index (κ2) is 5.95. The van der Waals surface area contributed by atoms with E-state index in [4.69, 9.17) is 9.63 Å². The largest absolute Gasteiger partial charge is 0.480 e. The number of hydrogen-bond acceptors (Lipinski definition) is 5. The molecule has 18 heavy (non-hydrogen) atoms. The topological polar surface area (TPSA) is 110 Å². The standard InChI is InChI=1S/C11H14N2O5/c1-3-7(14)5-9(11(16)17)12-10(15)8-4-6(2)18-13-8/h4,9H,3,5H2,1-2H3,(H,12,15)(H,16,17). The molecule has 0 aliphatic heterocycles. The van der Waals surface area contributed by atoms with Gasteiger partial charge >= 0.3 is 5.97 Å². The Kier molecular flexibility index (Phi) is 4.59. The maximum Gasteiger partial charge on any atom is 0.326 e. The zero-order valence-corrected chi connectivity index (χ0v) is 10.1. The maximum atomic E-state index is 11.6. The number of aryl methyl sites for hydroxylation is 1. The van der Waals surface area contributed by atoms with Gasteiger partial charge in [0.15, 0.2) is 5.69 Å². The van der Waals surface area contributed by atoms with Crippen molar-refractivity contribution in [2.45, 2.75) is 32.7 Å². The van der Waals surface area contributed by atoms with Gasteiger partial charge in [-0.15, -0.1) is 0 Å². The van der Waals surface area contributed by atoms with Crippen molar-refractivity contribution in [3.8, 4) is 0 Å². The molecule has 98 valence electrons. The Hall–Kier alpha value is -2.18. The number of carbonyl (C=O) groups excluding carboxylic acids is 2. The Labute approximate surface area is 103 Å². The van der Waals surface area contributed by atoms with Crippen LogP contribution < -0.4 is 5.32 Å². The Morgan fingerprint density at radius 2 is 2.17 bits per heavy atom. The monoisotopic (exact) mass is 254 g/mol. The predicted molar refractivity (Wildman–Crippen MR) is 60.0 cm³/mol. The van der Waals surface area contributed by atoms with Crippen molar-refractivity contribution in [1.29, 1.82) is 0 Å². The van der Waals surface area contributed by atoms with E-state index in [1.165, 1.54) is 6.07 Å². The summed E-state index contributed by atoms with van der Waals surface area (Å²) in [5.74, 6) is -1.73. The third-order valence-electron chi connectivity index (χ3n) is 2.29. The molecule has 7 nitrogen and oxygen atoms in total. The van der Waals surface area contributed by atoms with Crippen LogP contribution in [-0.4, -0.2) is 34.0 Å². The first-order valence-corrected chi connectivity index (χ1v) is 5.42. The normalized spacial score (nSPS) is 11.9. The van der Waals surface area contributed by atoms with E-state index in [0.717, 1.165) is 0 Å². The summed E-state index contributed by atoms with van der Waals surface area (Å²) in [7, 11) is 0. The number of carboxylic acids is 1. The molecule has 0 radical (unpaired) electrons. The molecular weight excluding hydrogens is 240 g/mol. The van der Waals surface area contributed by atoms with Crippen LogP contribution in [0.1, 0.15) is 36.0 Å². The quantitative estimate of drug-likeness (QED) is 0.766. The first-order chi connectivity index (χ1) is 8.43. The number of Topliss-reactive ketones (excluding diaryl/α,β-unsaturated/α-hetero) is 1. The van der Waals surface area contributed by atoms with E-state index in [0.29, 0.717) is 5.76 Å². The number of rotatable bonds is 6.